The maximum Gasteiger partial charge on any atom is 0.412 e. The second-order valence-corrected chi connectivity index (χ2v) is 12.2. The number of ether oxygens (including phenoxy) is 2. The van der Waals surface area contributed by atoms with E-state index >= 15 is 0 Å². The molecule has 1 heterocycles. The first-order valence-corrected chi connectivity index (χ1v) is 12.9. The monoisotopic (exact) mass is 521 g/mol. The molecule has 0 aliphatic carbocycles. The van der Waals surface area contributed by atoms with Crippen molar-refractivity contribution in [3.8, 4) is 5.75 Å². The smallest absolute Gasteiger partial charge is 0.412 e. The number of hydrogen-bond acceptors (Lipinski definition) is 6. The predicted octanol–water partition coefficient (Wildman–Crippen LogP) is 4.43. The van der Waals surface area contributed by atoms with Crippen LogP contribution in [-0.2, 0) is 19.6 Å². The Morgan fingerprint density at radius 2 is 1.75 bits per heavy atom. The molecule has 0 spiro atoms. The van der Waals surface area contributed by atoms with Crippen molar-refractivity contribution in [2.24, 2.45) is 0 Å². The lowest BCUT2D eigenvalue weighted by Gasteiger charge is -2.39. The first kappa shape index (κ1) is 27.3. The second kappa shape index (κ2) is 9.96. The summed E-state index contributed by atoms with van der Waals surface area (Å²) in [5.41, 5.74) is -0.866. The van der Waals surface area contributed by atoms with Crippen LogP contribution in [0.5, 0.6) is 5.75 Å². The molecule has 9 nitrogen and oxygen atoms in total. The van der Waals surface area contributed by atoms with Crippen molar-refractivity contribution in [3.63, 3.8) is 0 Å². The highest BCUT2D eigenvalue weighted by Gasteiger charge is 2.37. The Hall–Kier alpha value is -3.34. The Morgan fingerprint density at radius 1 is 1.11 bits per heavy atom. The minimum absolute atomic E-state index is 0.0639. The maximum atomic E-state index is 13.6. The Labute approximate surface area is 211 Å². The fourth-order valence-electron chi connectivity index (χ4n) is 3.98. The van der Waals surface area contributed by atoms with E-state index < -0.39 is 39.2 Å². The lowest BCUT2D eigenvalue weighted by atomic mass is 9.95. The number of anilines is 2. The van der Waals surface area contributed by atoms with Gasteiger partial charge in [0, 0.05) is 24.6 Å². The Morgan fingerprint density at radius 3 is 2.33 bits per heavy atom. The Balaban J connectivity index is 2.00. The van der Waals surface area contributed by atoms with Crippen LogP contribution in [0.1, 0.15) is 48.0 Å². The van der Waals surface area contributed by atoms with Crippen molar-refractivity contribution < 1.29 is 31.9 Å². The number of rotatable bonds is 6. The normalized spacial score (nSPS) is 16.0. The van der Waals surface area contributed by atoms with Crippen molar-refractivity contribution in [1.82, 2.24) is 5.32 Å². The van der Waals surface area contributed by atoms with E-state index in [9.17, 15) is 22.4 Å². The second-order valence-electron chi connectivity index (χ2n) is 10.3. The first-order valence-electron chi connectivity index (χ1n) is 11.4. The van der Waals surface area contributed by atoms with Crippen LogP contribution in [0.3, 0.4) is 0 Å². The quantitative estimate of drug-likeness (QED) is 0.581. The van der Waals surface area contributed by atoms with Gasteiger partial charge in [-0.1, -0.05) is 0 Å². The van der Waals surface area contributed by atoms with Gasteiger partial charge < -0.3 is 14.8 Å². The molecular formula is C25H32FN3O6S. The molecule has 2 N–H and O–H groups in total. The zero-order chi connectivity index (χ0) is 26.9. The van der Waals surface area contributed by atoms with E-state index in [-0.39, 0.29) is 28.8 Å². The fourth-order valence-corrected chi connectivity index (χ4v) is 5.47. The number of nitrogens with zero attached hydrogens (tertiary/aromatic N) is 1. The third kappa shape index (κ3) is 6.87. The molecule has 36 heavy (non-hydrogen) atoms. The number of carbonyl (C=O) groups excluding carboxylic acids is 2. The van der Waals surface area contributed by atoms with Gasteiger partial charge in [-0.2, -0.15) is 0 Å². The van der Waals surface area contributed by atoms with Crippen LogP contribution < -0.4 is 19.7 Å². The summed E-state index contributed by atoms with van der Waals surface area (Å²) in [7, 11) is -4.12. The minimum atomic E-state index is -4.12. The molecule has 0 unspecified atom stereocenters. The number of amides is 2. The van der Waals surface area contributed by atoms with Gasteiger partial charge in [0.1, 0.15) is 23.3 Å². The van der Waals surface area contributed by atoms with Gasteiger partial charge in [-0.05, 0) is 77.1 Å². The number of halogens is 1. The van der Waals surface area contributed by atoms with Crippen LogP contribution in [0.4, 0.5) is 20.6 Å². The number of nitrogens with one attached hydrogen (secondary N) is 2. The molecular weight excluding hydrogens is 489 g/mol. The van der Waals surface area contributed by atoms with Crippen LogP contribution in [0.2, 0.25) is 0 Å². The van der Waals surface area contributed by atoms with Crippen molar-refractivity contribution in [2.75, 3.05) is 16.2 Å². The zero-order valence-electron chi connectivity index (χ0n) is 21.2. The summed E-state index contributed by atoms with van der Waals surface area (Å²) in [5, 5.41) is 5.44. The largest absolute Gasteiger partial charge is 0.486 e. The van der Waals surface area contributed by atoms with Crippen molar-refractivity contribution >= 4 is 33.4 Å². The minimum Gasteiger partial charge on any atom is -0.486 e. The van der Waals surface area contributed by atoms with E-state index in [2.05, 4.69) is 10.6 Å². The van der Waals surface area contributed by atoms with E-state index in [0.717, 1.165) is 12.1 Å². The SMILES string of the molecule is CC(=O)NC(C)(C)C[C@@H]1CN(S(=O)(=O)c2ccc(F)cc2)c2cc(NC(=O)OC(C)(C)C)ccc2O1. The topological polar surface area (TPSA) is 114 Å². The van der Waals surface area contributed by atoms with Crippen LogP contribution >= 0.6 is 0 Å². The molecule has 2 aromatic rings. The predicted molar refractivity (Wildman–Crippen MR) is 134 cm³/mol. The third-order valence-electron chi connectivity index (χ3n) is 5.19. The standard InChI is InChI=1S/C25H32FN3O6S/c1-16(30)28-25(5,6)14-19-15-29(36(32,33)20-10-7-17(26)8-11-20)21-13-18(9-12-22(21)34-19)27-23(31)35-24(2,3)4/h7-13,19H,14-15H2,1-6H3,(H,27,31)(H,28,30)/t19-/m1/s1. The molecule has 0 radical (unpaired) electrons. The summed E-state index contributed by atoms with van der Waals surface area (Å²) in [6.45, 7) is 10.2. The van der Waals surface area contributed by atoms with Gasteiger partial charge in [0.25, 0.3) is 10.0 Å². The highest BCUT2D eigenvalue weighted by molar-refractivity contribution is 7.92. The molecule has 0 saturated carbocycles. The van der Waals surface area contributed by atoms with Crippen molar-refractivity contribution in [2.45, 2.75) is 70.1 Å². The highest BCUT2D eigenvalue weighted by atomic mass is 32.2. The number of fused-ring (bicyclic) bond motifs is 1. The number of hydrogen-bond donors (Lipinski definition) is 2. The first-order chi connectivity index (χ1) is 16.6. The molecule has 2 aromatic carbocycles. The fraction of sp³-hybridized carbons (Fsp3) is 0.440. The van der Waals surface area contributed by atoms with Crippen molar-refractivity contribution in [3.05, 3.63) is 48.3 Å². The maximum absolute atomic E-state index is 13.6. The molecule has 1 aliphatic heterocycles. The van der Waals surface area contributed by atoms with Crippen LogP contribution in [0.25, 0.3) is 0 Å². The molecule has 3 rings (SSSR count). The third-order valence-corrected chi connectivity index (χ3v) is 6.98. The van der Waals surface area contributed by atoms with Gasteiger partial charge >= 0.3 is 6.09 Å². The van der Waals surface area contributed by atoms with Gasteiger partial charge in [-0.15, -0.1) is 0 Å². The molecule has 11 heteroatoms. The average Bonchev–Trinajstić information content (AvgIpc) is 2.71. The van der Waals surface area contributed by atoms with Gasteiger partial charge in [0.05, 0.1) is 17.1 Å². The van der Waals surface area contributed by atoms with E-state index in [4.69, 9.17) is 9.47 Å². The molecule has 0 aromatic heterocycles. The molecule has 196 valence electrons. The average molecular weight is 522 g/mol. The van der Waals surface area contributed by atoms with Crippen LogP contribution in [0.15, 0.2) is 47.4 Å². The summed E-state index contributed by atoms with van der Waals surface area (Å²) in [4.78, 5) is 23.8. The van der Waals surface area contributed by atoms with E-state index in [1.165, 1.54) is 29.4 Å². The van der Waals surface area contributed by atoms with Crippen molar-refractivity contribution in [1.29, 1.82) is 0 Å². The highest BCUT2D eigenvalue weighted by Crippen LogP contribution is 2.40. The Kier molecular flexibility index (Phi) is 7.54. The lowest BCUT2D eigenvalue weighted by molar-refractivity contribution is -0.120. The van der Waals surface area contributed by atoms with Gasteiger partial charge in [0.15, 0.2) is 0 Å². The summed E-state index contributed by atoms with van der Waals surface area (Å²) in [6.07, 6.45) is -0.972. The van der Waals surface area contributed by atoms with Gasteiger partial charge in [-0.3, -0.25) is 14.4 Å². The summed E-state index contributed by atoms with van der Waals surface area (Å²) >= 11 is 0. The summed E-state index contributed by atoms with van der Waals surface area (Å²) in [6, 6.07) is 9.16. The number of carbonyl (C=O) groups is 2. The zero-order valence-corrected chi connectivity index (χ0v) is 22.0. The number of sulfonamides is 1. The van der Waals surface area contributed by atoms with Gasteiger partial charge in [-0.25, -0.2) is 17.6 Å². The van der Waals surface area contributed by atoms with Gasteiger partial charge in [0.2, 0.25) is 5.91 Å². The molecule has 0 bridgehead atoms. The Bertz CT molecular complexity index is 1240. The van der Waals surface area contributed by atoms with Crippen LogP contribution in [0, 0.1) is 5.82 Å². The molecule has 0 fully saturated rings. The van der Waals surface area contributed by atoms with Crippen LogP contribution in [-0.4, -0.2) is 44.2 Å². The summed E-state index contributed by atoms with van der Waals surface area (Å²) < 4.78 is 53.3. The van der Waals surface area contributed by atoms with E-state index in [1.54, 1.807) is 32.9 Å². The molecule has 0 saturated heterocycles. The lowest BCUT2D eigenvalue weighted by Crippen LogP contribution is -2.50. The van der Waals surface area contributed by atoms with E-state index in [0.29, 0.717) is 12.1 Å². The molecule has 1 atom stereocenters. The summed E-state index contributed by atoms with van der Waals surface area (Å²) in [5.74, 6) is -0.495. The van der Waals surface area contributed by atoms with E-state index in [1.807, 2.05) is 13.8 Å². The number of benzene rings is 2. The molecule has 1 aliphatic rings. The molecule has 2 amide bonds.